The fraction of sp³-hybridized carbons (Fsp3) is 0.531. The van der Waals surface area contributed by atoms with Gasteiger partial charge in [0.2, 0.25) is 5.91 Å². The molecule has 0 aromatic heterocycles. The number of hydrogen-bond donors (Lipinski definition) is 0. The van der Waals surface area contributed by atoms with Gasteiger partial charge in [0, 0.05) is 76.3 Å². The summed E-state index contributed by atoms with van der Waals surface area (Å²) in [6.07, 6.45) is 1.42. The maximum Gasteiger partial charge on any atom is 0.414 e. The molecule has 3 fully saturated rings. The lowest BCUT2D eigenvalue weighted by atomic mass is 10.0. The van der Waals surface area contributed by atoms with Crippen molar-refractivity contribution in [1.29, 1.82) is 0 Å². The van der Waals surface area contributed by atoms with E-state index in [9.17, 15) is 14.4 Å². The van der Waals surface area contributed by atoms with Crippen LogP contribution >= 0.6 is 34.8 Å². The lowest BCUT2D eigenvalue weighted by molar-refractivity contribution is -0.130. The Kier molecular flexibility index (Phi) is 10.1. The van der Waals surface area contributed by atoms with E-state index in [2.05, 4.69) is 4.90 Å². The second-order valence-electron chi connectivity index (χ2n) is 12.1. The van der Waals surface area contributed by atoms with E-state index >= 15 is 0 Å². The Morgan fingerprint density at radius 1 is 0.884 bits per heavy atom. The van der Waals surface area contributed by atoms with Gasteiger partial charge in [-0.3, -0.25) is 14.5 Å². The van der Waals surface area contributed by atoms with E-state index in [-0.39, 0.29) is 24.0 Å². The molecular weight excluding hydrogens is 611 g/mol. The number of amides is 3. The summed E-state index contributed by atoms with van der Waals surface area (Å²) in [7, 11) is 0. The number of benzene rings is 2. The number of nitrogens with zero attached hydrogens (tertiary/aromatic N) is 4. The fourth-order valence-corrected chi connectivity index (χ4v) is 7.46. The molecule has 3 aliphatic heterocycles. The van der Waals surface area contributed by atoms with Crippen LogP contribution < -0.4 is 4.90 Å². The first-order chi connectivity index (χ1) is 20.5. The number of carbonyl (C=O) groups excluding carboxylic acids is 3. The second-order valence-corrected chi connectivity index (χ2v) is 13.3. The molecule has 2 atom stereocenters. The number of halogens is 3. The molecule has 0 bridgehead atoms. The predicted molar refractivity (Wildman–Crippen MR) is 170 cm³/mol. The molecule has 3 amide bonds. The number of carbonyl (C=O) groups is 3. The average Bonchev–Trinajstić information content (AvgIpc) is 3.51. The number of hydrogen-bond acceptors (Lipinski definition) is 5. The molecular formula is C32H39Cl3N4O4. The molecule has 8 nitrogen and oxygen atoms in total. The van der Waals surface area contributed by atoms with E-state index in [0.29, 0.717) is 83.7 Å². The topological polar surface area (TPSA) is 73.4 Å². The first-order valence-corrected chi connectivity index (χ1v) is 16.1. The summed E-state index contributed by atoms with van der Waals surface area (Å²) in [5.74, 6) is 0.731. The van der Waals surface area contributed by atoms with Gasteiger partial charge in [-0.05, 0) is 74.0 Å². The molecule has 0 aliphatic carbocycles. The SMILES string of the molecule is CC(=O)N1CCC(OC(=O)N(CCCN2CC3CN(C(=O)c4c(Cl)cc(C)cc4Cl)CC3C2)c2ccc(C)c(Cl)c2)CC1. The van der Waals surface area contributed by atoms with Crippen LogP contribution in [-0.2, 0) is 9.53 Å². The van der Waals surface area contributed by atoms with Crippen LogP contribution in [0.3, 0.4) is 0 Å². The summed E-state index contributed by atoms with van der Waals surface area (Å²) < 4.78 is 5.92. The average molecular weight is 650 g/mol. The van der Waals surface area contributed by atoms with Crippen molar-refractivity contribution < 1.29 is 19.1 Å². The third-order valence-corrected chi connectivity index (χ3v) is 9.95. The third-order valence-electron chi connectivity index (χ3n) is 8.95. The Balaban J connectivity index is 1.15. The molecule has 3 heterocycles. The van der Waals surface area contributed by atoms with Crippen molar-refractivity contribution in [2.75, 3.05) is 57.3 Å². The van der Waals surface area contributed by atoms with Gasteiger partial charge in [-0.25, -0.2) is 4.79 Å². The quantitative estimate of drug-likeness (QED) is 0.352. The number of fused-ring (bicyclic) bond motifs is 1. The van der Waals surface area contributed by atoms with Crippen LogP contribution in [0.15, 0.2) is 30.3 Å². The van der Waals surface area contributed by atoms with E-state index in [4.69, 9.17) is 39.5 Å². The van der Waals surface area contributed by atoms with E-state index in [0.717, 1.165) is 37.2 Å². The summed E-state index contributed by atoms with van der Waals surface area (Å²) >= 11 is 19.2. The van der Waals surface area contributed by atoms with Crippen molar-refractivity contribution in [3.8, 4) is 0 Å². The molecule has 11 heteroatoms. The van der Waals surface area contributed by atoms with Gasteiger partial charge in [0.15, 0.2) is 0 Å². The maximum absolute atomic E-state index is 13.4. The van der Waals surface area contributed by atoms with Crippen molar-refractivity contribution in [2.45, 2.75) is 46.1 Å². The molecule has 2 aromatic carbocycles. The van der Waals surface area contributed by atoms with Gasteiger partial charge < -0.3 is 19.4 Å². The highest BCUT2D eigenvalue weighted by molar-refractivity contribution is 6.39. The number of aryl methyl sites for hydroxylation is 2. The van der Waals surface area contributed by atoms with E-state index in [1.54, 1.807) is 28.9 Å². The van der Waals surface area contributed by atoms with Crippen LogP contribution in [0, 0.1) is 25.7 Å². The summed E-state index contributed by atoms with van der Waals surface area (Å²) in [6.45, 7) is 11.1. The van der Waals surface area contributed by atoms with E-state index in [1.807, 2.05) is 36.9 Å². The van der Waals surface area contributed by atoms with Crippen LogP contribution in [0.5, 0.6) is 0 Å². The van der Waals surface area contributed by atoms with Gasteiger partial charge in [-0.2, -0.15) is 0 Å². The molecule has 3 saturated heterocycles. The van der Waals surface area contributed by atoms with Crippen LogP contribution in [0.25, 0.3) is 0 Å². The molecule has 0 radical (unpaired) electrons. The predicted octanol–water partition coefficient (Wildman–Crippen LogP) is 6.31. The van der Waals surface area contributed by atoms with Crippen LogP contribution in [0.2, 0.25) is 15.1 Å². The summed E-state index contributed by atoms with van der Waals surface area (Å²) in [6, 6.07) is 9.18. The minimum Gasteiger partial charge on any atom is -0.446 e. The van der Waals surface area contributed by atoms with Crippen molar-refractivity contribution in [2.24, 2.45) is 11.8 Å². The van der Waals surface area contributed by atoms with Crippen molar-refractivity contribution in [3.63, 3.8) is 0 Å². The van der Waals surface area contributed by atoms with Crippen LogP contribution in [-0.4, -0.2) is 91.1 Å². The molecule has 0 spiro atoms. The zero-order chi connectivity index (χ0) is 30.8. The van der Waals surface area contributed by atoms with Gasteiger partial charge in [0.1, 0.15) is 6.10 Å². The molecule has 3 aliphatic rings. The first kappa shape index (κ1) is 31.9. The number of piperidine rings is 1. The Morgan fingerprint density at radius 2 is 1.51 bits per heavy atom. The number of likely N-dealkylation sites (tertiary alicyclic amines) is 3. The zero-order valence-corrected chi connectivity index (χ0v) is 27.2. The van der Waals surface area contributed by atoms with Crippen molar-refractivity contribution >= 4 is 58.4 Å². The molecule has 0 saturated carbocycles. The Morgan fingerprint density at radius 3 is 2.09 bits per heavy atom. The molecule has 5 rings (SSSR count). The van der Waals surface area contributed by atoms with Gasteiger partial charge >= 0.3 is 6.09 Å². The number of ether oxygens (including phenoxy) is 1. The normalized spacial score (nSPS) is 20.8. The Labute approximate surface area is 268 Å². The highest BCUT2D eigenvalue weighted by Gasteiger charge is 2.42. The summed E-state index contributed by atoms with van der Waals surface area (Å²) in [5.41, 5.74) is 2.96. The van der Waals surface area contributed by atoms with Gasteiger partial charge in [-0.15, -0.1) is 0 Å². The smallest absolute Gasteiger partial charge is 0.414 e. The first-order valence-electron chi connectivity index (χ1n) is 15.0. The minimum atomic E-state index is -0.387. The zero-order valence-electron chi connectivity index (χ0n) is 25.0. The lowest BCUT2D eigenvalue weighted by Gasteiger charge is -2.32. The van der Waals surface area contributed by atoms with Crippen molar-refractivity contribution in [1.82, 2.24) is 14.7 Å². The highest BCUT2D eigenvalue weighted by Crippen LogP contribution is 2.35. The standard InChI is InChI=1S/C32H39Cl3N4O4/c1-20-13-28(34)30(29(35)14-20)31(41)38-18-23-16-36(17-24(23)19-38)9-4-10-39(25-6-5-21(2)27(33)15-25)32(42)43-26-7-11-37(12-8-26)22(3)40/h5-6,13-15,23-24,26H,4,7-12,16-19H2,1-3H3. The largest absolute Gasteiger partial charge is 0.446 e. The van der Waals surface area contributed by atoms with Crippen LogP contribution in [0.4, 0.5) is 10.5 Å². The van der Waals surface area contributed by atoms with Gasteiger partial charge in [0.25, 0.3) is 5.91 Å². The van der Waals surface area contributed by atoms with E-state index in [1.165, 1.54) is 0 Å². The molecule has 0 N–H and O–H groups in total. The number of rotatable bonds is 7. The third kappa shape index (κ3) is 7.42. The monoisotopic (exact) mass is 648 g/mol. The minimum absolute atomic E-state index is 0.0473. The fourth-order valence-electron chi connectivity index (χ4n) is 6.52. The molecule has 2 aromatic rings. The second kappa shape index (κ2) is 13.6. The summed E-state index contributed by atoms with van der Waals surface area (Å²) in [4.78, 5) is 46.1. The van der Waals surface area contributed by atoms with Crippen LogP contribution in [0.1, 0.15) is 47.7 Å². The molecule has 43 heavy (non-hydrogen) atoms. The Hall–Kier alpha value is -2.52. The maximum atomic E-state index is 13.4. The summed E-state index contributed by atoms with van der Waals surface area (Å²) in [5, 5.41) is 1.39. The molecule has 2 unspecified atom stereocenters. The lowest BCUT2D eigenvalue weighted by Crippen LogP contribution is -2.43. The van der Waals surface area contributed by atoms with Gasteiger partial charge in [0.05, 0.1) is 15.6 Å². The van der Waals surface area contributed by atoms with Gasteiger partial charge in [-0.1, -0.05) is 40.9 Å². The Bertz CT molecular complexity index is 1340. The van der Waals surface area contributed by atoms with E-state index < -0.39 is 0 Å². The number of anilines is 1. The van der Waals surface area contributed by atoms with Crippen molar-refractivity contribution in [3.05, 3.63) is 62.1 Å². The highest BCUT2D eigenvalue weighted by atomic mass is 35.5. The molecule has 232 valence electrons.